The Morgan fingerprint density at radius 3 is 2.27 bits per heavy atom. The van der Waals surface area contributed by atoms with Gasteiger partial charge in [0.25, 0.3) is 10.0 Å². The summed E-state index contributed by atoms with van der Waals surface area (Å²) in [4.78, 5) is 29.0. The first-order valence-electron chi connectivity index (χ1n) is 13.8. The third-order valence-corrected chi connectivity index (χ3v) is 9.84. The van der Waals surface area contributed by atoms with E-state index in [9.17, 15) is 18.0 Å². The zero-order chi connectivity index (χ0) is 29.6. The van der Waals surface area contributed by atoms with Gasteiger partial charge >= 0.3 is 0 Å². The van der Waals surface area contributed by atoms with Crippen molar-refractivity contribution in [3.8, 4) is 0 Å². The van der Waals surface area contributed by atoms with Crippen molar-refractivity contribution in [3.63, 3.8) is 0 Å². The van der Waals surface area contributed by atoms with Gasteiger partial charge in [-0.2, -0.15) is 0 Å². The van der Waals surface area contributed by atoms with Gasteiger partial charge in [0.05, 0.1) is 10.6 Å². The second kappa shape index (κ2) is 13.7. The molecule has 0 aliphatic heterocycles. The van der Waals surface area contributed by atoms with Crippen LogP contribution in [-0.4, -0.2) is 43.8 Å². The molecule has 0 radical (unpaired) electrons. The Morgan fingerprint density at radius 2 is 1.61 bits per heavy atom. The molecule has 0 saturated heterocycles. The van der Waals surface area contributed by atoms with Gasteiger partial charge in [-0.25, -0.2) is 8.42 Å². The molecule has 1 saturated carbocycles. The summed E-state index contributed by atoms with van der Waals surface area (Å²) >= 11 is 12.6. The molecule has 4 rings (SSSR count). The molecule has 3 aromatic rings. The monoisotopic (exact) mass is 615 g/mol. The van der Waals surface area contributed by atoms with Gasteiger partial charge in [-0.1, -0.05) is 85.4 Å². The number of rotatable bonds is 11. The number of para-hydroxylation sites is 1. The van der Waals surface area contributed by atoms with Crippen LogP contribution in [0.4, 0.5) is 5.69 Å². The van der Waals surface area contributed by atoms with Crippen molar-refractivity contribution in [1.82, 2.24) is 10.2 Å². The van der Waals surface area contributed by atoms with E-state index in [1.807, 2.05) is 19.1 Å². The van der Waals surface area contributed by atoms with E-state index in [1.165, 1.54) is 17.0 Å². The second-order valence-corrected chi connectivity index (χ2v) is 12.9. The summed E-state index contributed by atoms with van der Waals surface area (Å²) in [5.41, 5.74) is 1.79. The summed E-state index contributed by atoms with van der Waals surface area (Å²) in [6.07, 6.45) is 4.45. The van der Waals surface area contributed by atoms with Crippen LogP contribution < -0.4 is 9.62 Å². The Kier molecular flexibility index (Phi) is 10.3. The van der Waals surface area contributed by atoms with Crippen LogP contribution in [0, 0.1) is 0 Å². The molecule has 0 aromatic heterocycles. The van der Waals surface area contributed by atoms with E-state index in [0.717, 1.165) is 35.6 Å². The highest BCUT2D eigenvalue weighted by molar-refractivity contribution is 7.92. The lowest BCUT2D eigenvalue weighted by molar-refractivity contribution is -0.139. The van der Waals surface area contributed by atoms with E-state index in [2.05, 4.69) is 5.32 Å². The molecule has 1 atom stereocenters. The van der Waals surface area contributed by atoms with Crippen LogP contribution in [0.5, 0.6) is 0 Å². The lowest BCUT2D eigenvalue weighted by atomic mass is 10.1. The number of carbonyl (C=O) groups excluding carboxylic acids is 2. The fraction of sp³-hybridized carbons (Fsp3) is 0.355. The van der Waals surface area contributed by atoms with Crippen LogP contribution in [0.3, 0.4) is 0 Å². The predicted octanol–water partition coefficient (Wildman–Crippen LogP) is 6.23. The number of carbonyl (C=O) groups is 2. The molecule has 0 unspecified atom stereocenters. The average molecular weight is 617 g/mol. The number of hydrogen-bond acceptors (Lipinski definition) is 4. The van der Waals surface area contributed by atoms with Crippen molar-refractivity contribution in [2.24, 2.45) is 0 Å². The van der Waals surface area contributed by atoms with Crippen LogP contribution in [0.2, 0.25) is 10.0 Å². The van der Waals surface area contributed by atoms with E-state index in [0.29, 0.717) is 27.7 Å². The Balaban J connectivity index is 1.72. The lowest BCUT2D eigenvalue weighted by Crippen LogP contribution is -2.52. The number of amides is 2. The molecule has 1 fully saturated rings. The molecule has 7 nitrogen and oxygen atoms in total. The van der Waals surface area contributed by atoms with Gasteiger partial charge in [-0.05, 0) is 67.6 Å². The first kappa shape index (κ1) is 30.9. The normalized spacial score (nSPS) is 14.4. The molecule has 3 aromatic carbocycles. The summed E-state index contributed by atoms with van der Waals surface area (Å²) < 4.78 is 29.1. The van der Waals surface area contributed by atoms with Gasteiger partial charge in [0, 0.05) is 22.6 Å². The maximum absolute atomic E-state index is 14.1. The molecule has 0 spiro atoms. The maximum Gasteiger partial charge on any atom is 0.264 e. The minimum absolute atomic E-state index is 0.00272. The molecular weight excluding hydrogens is 581 g/mol. The fourth-order valence-corrected chi connectivity index (χ4v) is 7.04. The third-order valence-electron chi connectivity index (χ3n) is 7.48. The summed E-state index contributed by atoms with van der Waals surface area (Å²) in [7, 11) is -4.12. The molecule has 2 amide bonds. The van der Waals surface area contributed by atoms with Gasteiger partial charge in [-0.3, -0.25) is 13.9 Å². The maximum atomic E-state index is 14.1. The highest BCUT2D eigenvalue weighted by atomic mass is 35.5. The number of nitrogens with one attached hydrogen (secondary N) is 1. The molecule has 1 aliphatic rings. The molecule has 0 bridgehead atoms. The summed E-state index contributed by atoms with van der Waals surface area (Å²) in [5.74, 6) is -0.822. The number of anilines is 1. The molecule has 1 N–H and O–H groups in total. The first-order valence-corrected chi connectivity index (χ1v) is 16.0. The largest absolute Gasteiger partial charge is 0.352 e. The number of halogens is 2. The van der Waals surface area contributed by atoms with Gasteiger partial charge in [0.2, 0.25) is 11.8 Å². The van der Waals surface area contributed by atoms with Gasteiger partial charge < -0.3 is 10.2 Å². The first-order chi connectivity index (χ1) is 19.6. The summed E-state index contributed by atoms with van der Waals surface area (Å²) in [6, 6.07) is 19.3. The van der Waals surface area contributed by atoms with Crippen LogP contribution in [0.1, 0.15) is 50.7 Å². The molecule has 1 aliphatic carbocycles. The Hall–Kier alpha value is -3.07. The molecule has 10 heteroatoms. The van der Waals surface area contributed by atoms with Crippen molar-refractivity contribution < 1.29 is 18.0 Å². The SMILES string of the molecule is CCc1ccccc1N(CC(=O)N(Cc1ccc(Cl)cc1Cl)[C@H](C)C(=O)NC1CCCC1)S(=O)(=O)c1ccccc1. The predicted molar refractivity (Wildman–Crippen MR) is 164 cm³/mol. The zero-order valence-corrected chi connectivity index (χ0v) is 25.6. The molecule has 0 heterocycles. The second-order valence-electron chi connectivity index (χ2n) is 10.2. The van der Waals surface area contributed by atoms with Crippen LogP contribution in [0.25, 0.3) is 0 Å². The smallest absolute Gasteiger partial charge is 0.264 e. The molecular formula is C31H35Cl2N3O4S. The lowest BCUT2D eigenvalue weighted by Gasteiger charge is -2.33. The number of benzene rings is 3. The van der Waals surface area contributed by atoms with Crippen LogP contribution in [-0.2, 0) is 32.6 Å². The van der Waals surface area contributed by atoms with Crippen molar-refractivity contribution in [2.45, 2.75) is 69.5 Å². The fourth-order valence-electron chi connectivity index (χ4n) is 5.09. The summed E-state index contributed by atoms with van der Waals surface area (Å²) in [5, 5.41) is 3.86. The van der Waals surface area contributed by atoms with Crippen molar-refractivity contribution in [1.29, 1.82) is 0 Å². The van der Waals surface area contributed by atoms with Gasteiger partial charge in [-0.15, -0.1) is 0 Å². The standard InChI is InChI=1S/C31H35Cl2N3O4S/c1-3-23-11-7-10-16-29(23)36(41(39,40)27-14-5-4-6-15-27)21-30(37)35(20-24-17-18-25(32)19-28(24)33)22(2)31(38)34-26-12-8-9-13-26/h4-7,10-11,14-19,22,26H,3,8-9,12-13,20-21H2,1-2H3,(H,34,38)/t22-/m1/s1. The van der Waals surface area contributed by atoms with Crippen molar-refractivity contribution in [2.75, 3.05) is 10.8 Å². The minimum atomic E-state index is -4.12. The van der Waals surface area contributed by atoms with E-state index in [4.69, 9.17) is 23.2 Å². The van der Waals surface area contributed by atoms with E-state index in [1.54, 1.807) is 55.5 Å². The number of aryl methyl sites for hydroxylation is 1. The number of sulfonamides is 1. The zero-order valence-electron chi connectivity index (χ0n) is 23.2. The Labute approximate surface area is 252 Å². The van der Waals surface area contributed by atoms with Gasteiger partial charge in [0.1, 0.15) is 12.6 Å². The van der Waals surface area contributed by atoms with Gasteiger partial charge in [0.15, 0.2) is 0 Å². The highest BCUT2D eigenvalue weighted by Crippen LogP contribution is 2.29. The Morgan fingerprint density at radius 1 is 0.951 bits per heavy atom. The van der Waals surface area contributed by atoms with E-state index in [-0.39, 0.29) is 23.4 Å². The van der Waals surface area contributed by atoms with Crippen LogP contribution >= 0.6 is 23.2 Å². The molecule has 218 valence electrons. The number of hydrogen-bond donors (Lipinski definition) is 1. The minimum Gasteiger partial charge on any atom is -0.352 e. The van der Waals surface area contributed by atoms with E-state index < -0.39 is 28.5 Å². The summed E-state index contributed by atoms with van der Waals surface area (Å²) in [6.45, 7) is 3.09. The topological polar surface area (TPSA) is 86.8 Å². The van der Waals surface area contributed by atoms with E-state index >= 15 is 0 Å². The average Bonchev–Trinajstić information content (AvgIpc) is 3.48. The number of nitrogens with zero attached hydrogens (tertiary/aromatic N) is 2. The Bertz CT molecular complexity index is 1480. The van der Waals surface area contributed by atoms with Crippen molar-refractivity contribution >= 4 is 50.7 Å². The van der Waals surface area contributed by atoms with Crippen LogP contribution in [0.15, 0.2) is 77.7 Å². The molecule has 41 heavy (non-hydrogen) atoms. The van der Waals surface area contributed by atoms with Crippen molar-refractivity contribution in [3.05, 3.63) is 94.0 Å². The third kappa shape index (κ3) is 7.42. The highest BCUT2D eigenvalue weighted by Gasteiger charge is 2.34. The quantitative estimate of drug-likeness (QED) is 0.277.